The minimum absolute atomic E-state index is 0.111. The predicted octanol–water partition coefficient (Wildman–Crippen LogP) is 5.20. The van der Waals surface area contributed by atoms with Crippen molar-refractivity contribution >= 4 is 38.9 Å². The molecular formula is C25H24ClN3O4S. The normalized spacial score (nSPS) is 10.9. The second kappa shape index (κ2) is 10.2. The molecule has 0 unspecified atom stereocenters. The molecular weight excluding hydrogens is 474 g/mol. The fourth-order valence-corrected chi connectivity index (χ4v) is 3.95. The van der Waals surface area contributed by atoms with Gasteiger partial charge in [0, 0.05) is 17.8 Å². The molecule has 0 bridgehead atoms. The van der Waals surface area contributed by atoms with E-state index in [1.54, 1.807) is 49.4 Å². The third-order valence-corrected chi connectivity index (χ3v) is 6.61. The Labute approximate surface area is 204 Å². The molecule has 176 valence electrons. The SMILES string of the molecule is Cc1cc(N(C)S(C)(=O)=O)ccc1NC(=O)Cc1ccc(C)c(Oc2cc(Cl)cc(C#N)c2)c1. The first-order valence-corrected chi connectivity index (χ1v) is 12.5. The first kappa shape index (κ1) is 25.1. The highest BCUT2D eigenvalue weighted by atomic mass is 35.5. The number of carbonyl (C=O) groups excluding carboxylic acids is 1. The first-order chi connectivity index (χ1) is 16.0. The van der Waals surface area contributed by atoms with Gasteiger partial charge in [-0.05, 0) is 73.0 Å². The summed E-state index contributed by atoms with van der Waals surface area (Å²) in [6.45, 7) is 3.68. The highest BCUT2D eigenvalue weighted by molar-refractivity contribution is 7.92. The van der Waals surface area contributed by atoms with Crippen LogP contribution in [-0.4, -0.2) is 27.6 Å². The van der Waals surface area contributed by atoms with Gasteiger partial charge in [-0.3, -0.25) is 9.10 Å². The summed E-state index contributed by atoms with van der Waals surface area (Å²) in [5.41, 5.74) is 3.85. The average molecular weight is 498 g/mol. The number of rotatable bonds is 7. The standard InChI is InChI=1S/C25H24ClN3O4S/c1-16-5-6-18(12-24(16)33-22-11-19(15-27)10-20(26)14-22)13-25(30)28-23-8-7-21(9-17(23)2)29(3)34(4,31)32/h5-12,14H,13H2,1-4H3,(H,28,30). The van der Waals surface area contributed by atoms with Crippen molar-refractivity contribution in [3.63, 3.8) is 0 Å². The lowest BCUT2D eigenvalue weighted by Gasteiger charge is -2.18. The molecule has 0 aliphatic rings. The number of halogens is 1. The molecule has 0 aliphatic heterocycles. The lowest BCUT2D eigenvalue weighted by molar-refractivity contribution is -0.115. The van der Waals surface area contributed by atoms with Gasteiger partial charge in [0.15, 0.2) is 0 Å². The van der Waals surface area contributed by atoms with E-state index in [4.69, 9.17) is 21.6 Å². The Hall–Kier alpha value is -3.54. The Morgan fingerprint density at radius 3 is 2.47 bits per heavy atom. The van der Waals surface area contributed by atoms with Crippen LogP contribution in [0.4, 0.5) is 11.4 Å². The van der Waals surface area contributed by atoms with Gasteiger partial charge in [-0.1, -0.05) is 23.7 Å². The molecule has 0 heterocycles. The minimum atomic E-state index is -3.38. The van der Waals surface area contributed by atoms with E-state index in [0.717, 1.165) is 22.9 Å². The number of hydrogen-bond donors (Lipinski definition) is 1. The van der Waals surface area contributed by atoms with Crippen molar-refractivity contribution in [1.82, 2.24) is 0 Å². The van der Waals surface area contributed by atoms with Crippen LogP contribution in [0, 0.1) is 25.2 Å². The highest BCUT2D eigenvalue weighted by Crippen LogP contribution is 2.29. The van der Waals surface area contributed by atoms with Crippen LogP contribution in [0.2, 0.25) is 5.02 Å². The van der Waals surface area contributed by atoms with Gasteiger partial charge in [-0.25, -0.2) is 8.42 Å². The molecule has 0 spiro atoms. The van der Waals surface area contributed by atoms with Crippen molar-refractivity contribution in [2.24, 2.45) is 0 Å². The summed E-state index contributed by atoms with van der Waals surface area (Å²) < 4.78 is 30.6. The molecule has 1 amide bonds. The van der Waals surface area contributed by atoms with Crippen LogP contribution in [0.25, 0.3) is 0 Å². The number of nitrogens with zero attached hydrogens (tertiary/aromatic N) is 2. The highest BCUT2D eigenvalue weighted by Gasteiger charge is 2.14. The van der Waals surface area contributed by atoms with E-state index in [9.17, 15) is 13.2 Å². The molecule has 1 N–H and O–H groups in total. The quantitative estimate of drug-likeness (QED) is 0.483. The fourth-order valence-electron chi connectivity index (χ4n) is 3.23. The lowest BCUT2D eigenvalue weighted by atomic mass is 10.1. The van der Waals surface area contributed by atoms with Gasteiger partial charge in [-0.15, -0.1) is 0 Å². The van der Waals surface area contributed by atoms with Crippen LogP contribution in [0.1, 0.15) is 22.3 Å². The van der Waals surface area contributed by atoms with Gasteiger partial charge in [0.1, 0.15) is 11.5 Å². The Bertz CT molecular complexity index is 1400. The van der Waals surface area contributed by atoms with Crippen molar-refractivity contribution in [2.45, 2.75) is 20.3 Å². The second-order valence-corrected chi connectivity index (χ2v) is 10.4. The number of anilines is 2. The van der Waals surface area contributed by atoms with E-state index in [-0.39, 0.29) is 12.3 Å². The number of nitrogens with one attached hydrogen (secondary N) is 1. The Morgan fingerprint density at radius 1 is 1.09 bits per heavy atom. The van der Waals surface area contributed by atoms with Crippen molar-refractivity contribution in [3.05, 3.63) is 81.9 Å². The van der Waals surface area contributed by atoms with Crippen LogP contribution >= 0.6 is 11.6 Å². The molecule has 0 saturated carbocycles. The number of amides is 1. The maximum atomic E-state index is 12.7. The van der Waals surface area contributed by atoms with Crippen molar-refractivity contribution < 1.29 is 17.9 Å². The molecule has 0 fully saturated rings. The third-order valence-electron chi connectivity index (χ3n) is 5.19. The van der Waals surface area contributed by atoms with E-state index >= 15 is 0 Å². The summed E-state index contributed by atoms with van der Waals surface area (Å²) in [7, 11) is -1.90. The van der Waals surface area contributed by atoms with Crippen LogP contribution in [0.3, 0.4) is 0 Å². The zero-order valence-electron chi connectivity index (χ0n) is 19.2. The summed E-state index contributed by atoms with van der Waals surface area (Å²) in [6.07, 6.45) is 1.24. The van der Waals surface area contributed by atoms with Gasteiger partial charge < -0.3 is 10.1 Å². The zero-order chi connectivity index (χ0) is 25.0. The van der Waals surface area contributed by atoms with Crippen molar-refractivity contribution in [1.29, 1.82) is 5.26 Å². The molecule has 34 heavy (non-hydrogen) atoms. The number of ether oxygens (including phenoxy) is 1. The molecule has 0 radical (unpaired) electrons. The maximum Gasteiger partial charge on any atom is 0.231 e. The molecule has 3 aromatic rings. The lowest BCUT2D eigenvalue weighted by Crippen LogP contribution is -2.25. The van der Waals surface area contributed by atoms with Gasteiger partial charge in [0.05, 0.1) is 30.0 Å². The molecule has 3 rings (SSSR count). The number of sulfonamides is 1. The largest absolute Gasteiger partial charge is 0.457 e. The summed E-state index contributed by atoms with van der Waals surface area (Å²) in [6, 6.07) is 17.3. The topological polar surface area (TPSA) is 99.5 Å². The van der Waals surface area contributed by atoms with E-state index in [2.05, 4.69) is 5.32 Å². The number of carbonyl (C=O) groups is 1. The van der Waals surface area contributed by atoms with Crippen LogP contribution in [-0.2, 0) is 21.2 Å². The molecule has 9 heteroatoms. The number of hydrogen-bond acceptors (Lipinski definition) is 5. The van der Waals surface area contributed by atoms with E-state index in [1.165, 1.54) is 11.4 Å². The van der Waals surface area contributed by atoms with Crippen LogP contribution in [0.15, 0.2) is 54.6 Å². The van der Waals surface area contributed by atoms with Crippen molar-refractivity contribution in [2.75, 3.05) is 22.9 Å². The average Bonchev–Trinajstić information content (AvgIpc) is 2.75. The van der Waals surface area contributed by atoms with E-state index in [0.29, 0.717) is 33.5 Å². The molecule has 0 atom stereocenters. The first-order valence-electron chi connectivity index (χ1n) is 10.3. The van der Waals surface area contributed by atoms with E-state index in [1.807, 2.05) is 25.1 Å². The van der Waals surface area contributed by atoms with Crippen LogP contribution in [0.5, 0.6) is 11.5 Å². The van der Waals surface area contributed by atoms with Crippen LogP contribution < -0.4 is 14.4 Å². The minimum Gasteiger partial charge on any atom is -0.457 e. The summed E-state index contributed by atoms with van der Waals surface area (Å²) >= 11 is 6.06. The molecule has 0 saturated heterocycles. The van der Waals surface area contributed by atoms with Gasteiger partial charge in [0.2, 0.25) is 15.9 Å². The van der Waals surface area contributed by atoms with Crippen molar-refractivity contribution in [3.8, 4) is 17.6 Å². The van der Waals surface area contributed by atoms with E-state index < -0.39 is 10.0 Å². The van der Waals surface area contributed by atoms with Gasteiger partial charge in [0.25, 0.3) is 0 Å². The zero-order valence-corrected chi connectivity index (χ0v) is 20.8. The number of aryl methyl sites for hydroxylation is 2. The molecule has 7 nitrogen and oxygen atoms in total. The smallest absolute Gasteiger partial charge is 0.231 e. The number of nitriles is 1. The Morgan fingerprint density at radius 2 is 1.82 bits per heavy atom. The monoisotopic (exact) mass is 497 g/mol. The molecule has 0 aliphatic carbocycles. The summed E-state index contributed by atoms with van der Waals surface area (Å²) in [4.78, 5) is 12.7. The second-order valence-electron chi connectivity index (χ2n) is 7.94. The Kier molecular flexibility index (Phi) is 7.50. The predicted molar refractivity (Wildman–Crippen MR) is 134 cm³/mol. The fraction of sp³-hybridized carbons (Fsp3) is 0.200. The maximum absolute atomic E-state index is 12.7. The Balaban J connectivity index is 1.74. The molecule has 3 aromatic carbocycles. The molecule has 0 aromatic heterocycles. The number of benzene rings is 3. The third kappa shape index (κ3) is 6.28. The van der Waals surface area contributed by atoms with Gasteiger partial charge in [-0.2, -0.15) is 5.26 Å². The van der Waals surface area contributed by atoms with Gasteiger partial charge >= 0.3 is 0 Å². The summed E-state index contributed by atoms with van der Waals surface area (Å²) in [5.74, 6) is 0.765. The summed E-state index contributed by atoms with van der Waals surface area (Å²) in [5, 5.41) is 12.4.